The molecule has 0 spiro atoms. The van der Waals surface area contributed by atoms with Crippen LogP contribution >= 0.6 is 0 Å². The summed E-state index contributed by atoms with van der Waals surface area (Å²) in [7, 11) is 23.0. The zero-order valence-corrected chi connectivity index (χ0v) is 94.6. The van der Waals surface area contributed by atoms with E-state index in [1.165, 1.54) is 0 Å². The molecule has 30 aromatic rings. The molecule has 0 radical (unpaired) electrons. The molecule has 6 aromatic carbocycles. The quantitative estimate of drug-likeness (QED) is 0.103. The fourth-order valence-corrected chi connectivity index (χ4v) is 18.4. The van der Waals surface area contributed by atoms with Crippen molar-refractivity contribution >= 4 is 131 Å². The number of para-hydroxylation sites is 6. The number of hydrogen-bond acceptors (Lipinski definition) is 18. The Morgan fingerprint density at radius 2 is 0.340 bits per heavy atom. The van der Waals surface area contributed by atoms with E-state index in [1.807, 2.05) is 273 Å². The molecule has 36 nitrogen and oxygen atoms in total. The molecule has 42 heteroatoms. The summed E-state index contributed by atoms with van der Waals surface area (Å²) in [4.78, 5) is 81.3. The van der Waals surface area contributed by atoms with Gasteiger partial charge in [0.1, 0.15) is 34.4 Å². The average Bonchev–Trinajstić information content (AvgIpc) is 1.61. The average molecular weight is 3060 g/mol. The summed E-state index contributed by atoms with van der Waals surface area (Å²) in [5, 5.41) is 12.3. The van der Waals surface area contributed by atoms with E-state index in [4.69, 9.17) is 56.4 Å². The Morgan fingerprint density at radius 3 is 0.500 bits per heavy atom. The van der Waals surface area contributed by atoms with Crippen molar-refractivity contribution < 1.29 is 153 Å². The van der Waals surface area contributed by atoms with E-state index < -0.39 is 0 Å². The first-order valence-electron chi connectivity index (χ1n) is 45.4. The third-order valence-electron chi connectivity index (χ3n) is 25.0. The number of aryl methyl sites for hydroxylation is 12. The Bertz CT molecular complexity index is 8620. The molecule has 0 aliphatic carbocycles. The van der Waals surface area contributed by atoms with Crippen molar-refractivity contribution in [3.05, 3.63) is 297 Å². The molecule has 756 valence electrons. The van der Waals surface area contributed by atoms with Gasteiger partial charge in [-0.25, -0.2) is 29.9 Å². The molecule has 24 heterocycles. The molecule has 0 fully saturated rings. The maximum absolute atomic E-state index is 5.75. The number of furan rings is 6. The zero-order valence-electron chi connectivity index (χ0n) is 81.0. The smallest absolute Gasteiger partial charge is 0.654 e. The first-order valence-corrected chi connectivity index (χ1v) is 45.4. The monoisotopic (exact) mass is 3060 g/mol. The van der Waals surface area contributed by atoms with Gasteiger partial charge < -0.3 is 141 Å². The zero-order chi connectivity index (χ0) is 97.6. The number of benzene rings is 6. The molecule has 0 aliphatic heterocycles. The standard InChI is InChI=1S/6C18H13N5O.6Pt/c6*1-22-6-14(19-9-22)12-5-3-4-11-13-8-24-18(17(13)21-16(11)12)15-7-23(2)10-20-15;;;;;;/h3*3-8,10H,1-2H3;3*3-9H,1-2H3;;;;;;/q6*-2;6*+2. The van der Waals surface area contributed by atoms with Crippen LogP contribution in [0.5, 0.6) is 0 Å². The third-order valence-corrected chi connectivity index (χ3v) is 25.0. The Kier molecular flexibility index (Phi) is 28.8. The number of fused-ring (bicyclic) bond motifs is 18. The molecule has 0 amide bonds. The van der Waals surface area contributed by atoms with Crippen LogP contribution in [-0.4, -0.2) is 115 Å². The summed E-state index contributed by atoms with van der Waals surface area (Å²) in [6, 6.07) is 36.7. The fraction of sp³-hybridized carbons (Fsp3) is 0.111. The van der Waals surface area contributed by atoms with Crippen molar-refractivity contribution in [3.63, 3.8) is 0 Å². The van der Waals surface area contributed by atoms with Gasteiger partial charge in [0.15, 0.2) is 0 Å². The Morgan fingerprint density at radius 1 is 0.180 bits per heavy atom. The van der Waals surface area contributed by atoms with Gasteiger partial charge in [-0.1, -0.05) is 176 Å². The molecule has 0 bridgehead atoms. The predicted molar refractivity (Wildman–Crippen MR) is 542 cm³/mol. The molecular formula is C108H78N30O6Pt6. The number of nitrogens with zero attached hydrogens (tertiary/aromatic N) is 30. The minimum absolute atomic E-state index is 0. The summed E-state index contributed by atoms with van der Waals surface area (Å²) in [6.45, 7) is 0. The van der Waals surface area contributed by atoms with Gasteiger partial charge in [0.2, 0.25) is 0 Å². The summed E-state index contributed by atoms with van der Waals surface area (Å²) < 4.78 is 56.7. The molecule has 0 saturated heterocycles. The maximum atomic E-state index is 5.75. The van der Waals surface area contributed by atoms with Crippen LogP contribution in [0, 0.1) is 38.0 Å². The first kappa shape index (κ1) is 103. The van der Waals surface area contributed by atoms with Crippen molar-refractivity contribution in [2.45, 2.75) is 0 Å². The summed E-state index contributed by atoms with van der Waals surface area (Å²) in [5.74, 6) is 4.10. The molecule has 150 heavy (non-hydrogen) atoms. The summed E-state index contributed by atoms with van der Waals surface area (Å²) in [5.41, 5.74) is 26.4. The molecule has 0 N–H and O–H groups in total. The van der Waals surface area contributed by atoms with E-state index in [9.17, 15) is 0 Å². The van der Waals surface area contributed by atoms with E-state index in [1.54, 1.807) is 89.2 Å². The van der Waals surface area contributed by atoms with Crippen LogP contribution in [0.25, 0.3) is 267 Å². The van der Waals surface area contributed by atoms with Gasteiger partial charge in [-0.2, -0.15) is 0 Å². The van der Waals surface area contributed by atoms with Crippen LogP contribution < -0.4 is 29.9 Å². The molecule has 0 aliphatic rings. The molecule has 0 atom stereocenters. The second-order valence-corrected chi connectivity index (χ2v) is 35.4. The van der Waals surface area contributed by atoms with E-state index in [0.717, 1.165) is 233 Å². The second-order valence-electron chi connectivity index (χ2n) is 35.4. The number of rotatable bonds is 12. The van der Waals surface area contributed by atoms with Crippen molar-refractivity contribution in [2.24, 2.45) is 84.6 Å². The summed E-state index contributed by atoms with van der Waals surface area (Å²) in [6.07, 6.45) is 61.6. The van der Waals surface area contributed by atoms with E-state index in [-0.39, 0.29) is 126 Å². The SMILES string of the molecule is Cn1[c-]nc(-c2cccc3c2[n-]c2c(-c4cn(C)cn4)occ23)c1.Cn1[c-]nc(-c2cccc3c2[n-]c2c(-c4cn(C)cn4)occ23)c1.Cn1[c-]nc(-c2cccc3c2[n-]c2c(-c4cn(C)cn4)occ23)c1.Cn1[c-]nc(-c2occ3c2[n-]c2c(-c4cn(C)cn4)cccc23)c1.Cn1[c-]nc(-c2occ3c2[n-]c2c(-c4cn(C)cn4)cccc23)c1.Cn1[c-]nc(-c2occ3c2[n-]c2c(-c4cn(C)cn4)cccc23)c1.[Pt+2].[Pt+2].[Pt+2].[Pt+2].[Pt+2].[Pt+2]. The minimum Gasteiger partial charge on any atom is -0.654 e. The van der Waals surface area contributed by atoms with Crippen LogP contribution in [-0.2, 0) is 211 Å². The number of imidazole rings is 12. The molecule has 0 saturated carbocycles. The van der Waals surface area contributed by atoms with Crippen LogP contribution in [0.2, 0.25) is 0 Å². The molecule has 30 rings (SSSR count). The topological polar surface area (TPSA) is 377 Å². The Hall–Kier alpha value is -15.6. The van der Waals surface area contributed by atoms with Crippen molar-refractivity contribution in [2.75, 3.05) is 0 Å². The Balaban J connectivity index is 0.000000112. The van der Waals surface area contributed by atoms with Crippen LogP contribution in [0.3, 0.4) is 0 Å². The van der Waals surface area contributed by atoms with Crippen molar-refractivity contribution in [1.29, 1.82) is 0 Å². The van der Waals surface area contributed by atoms with Crippen LogP contribution in [0.4, 0.5) is 0 Å². The van der Waals surface area contributed by atoms with E-state index in [2.05, 4.69) is 134 Å². The molecule has 0 unspecified atom stereocenters. The van der Waals surface area contributed by atoms with Gasteiger partial charge in [0.25, 0.3) is 0 Å². The molecular weight excluding hydrogens is 2980 g/mol. The van der Waals surface area contributed by atoms with Crippen LogP contribution in [0.1, 0.15) is 0 Å². The van der Waals surface area contributed by atoms with Gasteiger partial charge in [-0.05, 0) is 108 Å². The van der Waals surface area contributed by atoms with Gasteiger partial charge in [-0.3, -0.25) is 0 Å². The third kappa shape index (κ3) is 18.6. The van der Waals surface area contributed by atoms with E-state index >= 15 is 0 Å². The van der Waals surface area contributed by atoms with Gasteiger partial charge in [-0.15, -0.1) is 70.3 Å². The minimum atomic E-state index is 0. The van der Waals surface area contributed by atoms with Crippen LogP contribution in [0.15, 0.2) is 286 Å². The normalized spacial score (nSPS) is 11.3. The Labute approximate surface area is 937 Å². The van der Waals surface area contributed by atoms with Crippen molar-refractivity contribution in [3.8, 4) is 136 Å². The van der Waals surface area contributed by atoms with E-state index in [0.29, 0.717) is 34.6 Å². The fourth-order valence-electron chi connectivity index (χ4n) is 18.4. The van der Waals surface area contributed by atoms with Gasteiger partial charge >= 0.3 is 126 Å². The largest absolute Gasteiger partial charge is 2.00 e. The maximum Gasteiger partial charge on any atom is 2.00 e. The van der Waals surface area contributed by atoms with Gasteiger partial charge in [0, 0.05) is 150 Å². The second kappa shape index (κ2) is 41.9. The number of hydrogen-bond donors (Lipinski definition) is 0. The predicted octanol–water partition coefficient (Wildman–Crippen LogP) is 18.9. The van der Waals surface area contributed by atoms with Gasteiger partial charge in [0.05, 0.1) is 110 Å². The first-order chi connectivity index (χ1) is 70.2. The van der Waals surface area contributed by atoms with Crippen molar-refractivity contribution in [1.82, 2.24) is 145 Å². The molecule has 24 aromatic heterocycles. The summed E-state index contributed by atoms with van der Waals surface area (Å²) >= 11 is 0. The number of aromatic nitrogens is 30.